The summed E-state index contributed by atoms with van der Waals surface area (Å²) in [7, 11) is 1.51. The number of hydrogen-bond donors (Lipinski definition) is 0. The maximum atomic E-state index is 12.0. The highest BCUT2D eigenvalue weighted by atomic mass is 16.5. The maximum absolute atomic E-state index is 12.0. The molecule has 4 saturated carbocycles. The van der Waals surface area contributed by atoms with Crippen molar-refractivity contribution in [1.82, 2.24) is 0 Å². The Morgan fingerprint density at radius 1 is 1.04 bits per heavy atom. The number of ketones is 1. The Balaban J connectivity index is 1.56. The number of carbonyl (C=O) groups excluding carboxylic acids is 2. The van der Waals surface area contributed by atoms with E-state index in [0.717, 1.165) is 37.0 Å². The smallest absolute Gasteiger partial charge is 0.305 e. The molecule has 0 amide bonds. The van der Waals surface area contributed by atoms with Gasteiger partial charge in [0.1, 0.15) is 5.78 Å². The van der Waals surface area contributed by atoms with Crippen molar-refractivity contribution in [3.05, 3.63) is 0 Å². The first-order valence-corrected chi connectivity index (χ1v) is 10.5. The number of rotatable bonds is 2. The van der Waals surface area contributed by atoms with Crippen LogP contribution in [-0.4, -0.2) is 18.9 Å². The van der Waals surface area contributed by atoms with Crippen molar-refractivity contribution < 1.29 is 14.3 Å². The van der Waals surface area contributed by atoms with Crippen molar-refractivity contribution >= 4 is 11.8 Å². The monoisotopic (exact) mass is 346 g/mol. The minimum Gasteiger partial charge on any atom is -0.469 e. The summed E-state index contributed by atoms with van der Waals surface area (Å²) >= 11 is 0. The third kappa shape index (κ3) is 2.59. The summed E-state index contributed by atoms with van der Waals surface area (Å²) in [6.07, 6.45) is 11.0. The van der Waals surface area contributed by atoms with Gasteiger partial charge in [0, 0.05) is 19.3 Å². The number of ether oxygens (including phenoxy) is 1. The summed E-state index contributed by atoms with van der Waals surface area (Å²) in [6.45, 7) is 4.97. The van der Waals surface area contributed by atoms with Crippen LogP contribution in [0.4, 0.5) is 0 Å². The van der Waals surface area contributed by atoms with E-state index >= 15 is 0 Å². The molecule has 4 aliphatic carbocycles. The molecule has 7 atom stereocenters. The normalized spacial score (nSPS) is 49.1. The largest absolute Gasteiger partial charge is 0.469 e. The lowest BCUT2D eigenvalue weighted by atomic mass is 9.44. The van der Waals surface area contributed by atoms with Crippen LogP contribution in [0, 0.1) is 40.4 Å². The molecule has 0 saturated heterocycles. The molecule has 0 unspecified atom stereocenters. The topological polar surface area (TPSA) is 43.4 Å². The van der Waals surface area contributed by atoms with Crippen LogP contribution >= 0.6 is 0 Å². The SMILES string of the molecule is COC(=O)C[C@H]1CC[C@H]2[C@@H]3CC[C@H]4CC(=O)CC[C@]4(C)[C@H]3CC[C@]12C. The van der Waals surface area contributed by atoms with E-state index in [1.54, 1.807) is 0 Å². The molecule has 0 N–H and O–H groups in total. The van der Waals surface area contributed by atoms with Gasteiger partial charge >= 0.3 is 5.97 Å². The van der Waals surface area contributed by atoms with Gasteiger partial charge in [0.2, 0.25) is 0 Å². The fourth-order valence-corrected chi connectivity index (χ4v) is 7.77. The van der Waals surface area contributed by atoms with Gasteiger partial charge in [0.15, 0.2) is 0 Å². The average molecular weight is 347 g/mol. The maximum Gasteiger partial charge on any atom is 0.305 e. The lowest BCUT2D eigenvalue weighted by molar-refractivity contribution is -0.146. The van der Waals surface area contributed by atoms with Gasteiger partial charge in [-0.25, -0.2) is 0 Å². The summed E-state index contributed by atoms with van der Waals surface area (Å²) in [5, 5.41) is 0. The van der Waals surface area contributed by atoms with Gasteiger partial charge in [-0.3, -0.25) is 9.59 Å². The summed E-state index contributed by atoms with van der Waals surface area (Å²) in [4.78, 5) is 23.9. The summed E-state index contributed by atoms with van der Waals surface area (Å²) in [5.74, 6) is 3.99. The van der Waals surface area contributed by atoms with Gasteiger partial charge in [-0.15, -0.1) is 0 Å². The molecular formula is C22H34O3. The lowest BCUT2D eigenvalue weighted by Gasteiger charge is -2.60. The quantitative estimate of drug-likeness (QED) is 0.676. The molecule has 0 heterocycles. The number of fused-ring (bicyclic) bond motifs is 5. The fraction of sp³-hybridized carbons (Fsp3) is 0.909. The van der Waals surface area contributed by atoms with Crippen LogP contribution in [0.2, 0.25) is 0 Å². The summed E-state index contributed by atoms with van der Waals surface area (Å²) < 4.78 is 4.97. The number of esters is 1. The van der Waals surface area contributed by atoms with Gasteiger partial charge in [-0.2, -0.15) is 0 Å². The van der Waals surface area contributed by atoms with Crippen molar-refractivity contribution in [3.8, 4) is 0 Å². The predicted octanol–water partition coefficient (Wildman–Crippen LogP) is 4.78. The molecule has 0 aliphatic heterocycles. The molecule has 0 aromatic heterocycles. The molecule has 0 bridgehead atoms. The number of Topliss-reactive ketones (excluding diaryl/α,β-unsaturated/α-hetero) is 1. The van der Waals surface area contributed by atoms with E-state index in [1.165, 1.54) is 45.6 Å². The van der Waals surface area contributed by atoms with E-state index < -0.39 is 0 Å². The van der Waals surface area contributed by atoms with Crippen LogP contribution in [0.5, 0.6) is 0 Å². The highest BCUT2D eigenvalue weighted by Gasteiger charge is 2.60. The third-order valence-corrected chi connectivity index (χ3v) is 9.32. The predicted molar refractivity (Wildman–Crippen MR) is 96.9 cm³/mol. The van der Waals surface area contributed by atoms with E-state index in [4.69, 9.17) is 4.74 Å². The van der Waals surface area contributed by atoms with E-state index in [9.17, 15) is 9.59 Å². The molecule has 140 valence electrons. The Morgan fingerprint density at radius 2 is 1.80 bits per heavy atom. The molecule has 0 aromatic carbocycles. The Morgan fingerprint density at radius 3 is 2.56 bits per heavy atom. The van der Waals surface area contributed by atoms with Crippen molar-refractivity contribution in [3.63, 3.8) is 0 Å². The average Bonchev–Trinajstić information content (AvgIpc) is 2.92. The zero-order chi connectivity index (χ0) is 17.8. The molecule has 4 aliphatic rings. The minimum atomic E-state index is -0.0320. The molecule has 4 fully saturated rings. The third-order valence-electron chi connectivity index (χ3n) is 9.32. The second-order valence-electron chi connectivity index (χ2n) is 10.00. The summed E-state index contributed by atoms with van der Waals surface area (Å²) in [6, 6.07) is 0. The zero-order valence-corrected chi connectivity index (χ0v) is 16.2. The zero-order valence-electron chi connectivity index (χ0n) is 16.2. The number of methoxy groups -OCH3 is 1. The Kier molecular flexibility index (Phi) is 4.28. The second-order valence-corrected chi connectivity index (χ2v) is 10.00. The first kappa shape index (κ1) is 17.5. The van der Waals surface area contributed by atoms with E-state index in [1.807, 2.05) is 0 Å². The van der Waals surface area contributed by atoms with Crippen LogP contribution in [0.25, 0.3) is 0 Å². The summed E-state index contributed by atoms with van der Waals surface area (Å²) in [5.41, 5.74) is 0.710. The van der Waals surface area contributed by atoms with Crippen molar-refractivity contribution in [2.75, 3.05) is 7.11 Å². The van der Waals surface area contributed by atoms with Crippen molar-refractivity contribution in [2.45, 2.75) is 78.1 Å². The Labute approximate surface area is 152 Å². The minimum absolute atomic E-state index is 0.0320. The highest BCUT2D eigenvalue weighted by Crippen LogP contribution is 2.67. The van der Waals surface area contributed by atoms with Crippen molar-refractivity contribution in [2.24, 2.45) is 40.4 Å². The molecule has 4 rings (SSSR count). The molecule has 0 spiro atoms. The van der Waals surface area contributed by atoms with Crippen molar-refractivity contribution in [1.29, 1.82) is 0 Å². The molecule has 25 heavy (non-hydrogen) atoms. The van der Waals surface area contributed by atoms with Gasteiger partial charge in [-0.1, -0.05) is 13.8 Å². The van der Waals surface area contributed by atoms with Crippen LogP contribution in [0.15, 0.2) is 0 Å². The molecule has 0 aromatic rings. The Bertz CT molecular complexity index is 570. The van der Waals surface area contributed by atoms with E-state index in [0.29, 0.717) is 34.9 Å². The molecule has 0 radical (unpaired) electrons. The lowest BCUT2D eigenvalue weighted by Crippen LogP contribution is -2.53. The van der Waals surface area contributed by atoms with Crippen LogP contribution in [0.3, 0.4) is 0 Å². The van der Waals surface area contributed by atoms with Crippen LogP contribution in [-0.2, 0) is 14.3 Å². The second kappa shape index (κ2) is 6.09. The highest BCUT2D eigenvalue weighted by molar-refractivity contribution is 5.79. The van der Waals surface area contributed by atoms with Gasteiger partial charge < -0.3 is 4.74 Å². The fourth-order valence-electron chi connectivity index (χ4n) is 7.77. The van der Waals surface area contributed by atoms with Gasteiger partial charge in [-0.05, 0) is 85.4 Å². The molecule has 3 nitrogen and oxygen atoms in total. The van der Waals surface area contributed by atoms with E-state index in [-0.39, 0.29) is 5.97 Å². The standard InChI is InChI=1S/C22H34O3/c1-21-10-8-16(23)12-14(21)4-6-17-18-7-5-15(13-20(24)25-3)22(18,2)11-9-19(17)21/h14-15,17-19H,4-13H2,1-3H3/t14-,15+,17-,18-,19-,21-,22+/m0/s1. The van der Waals surface area contributed by atoms with Gasteiger partial charge in [0.25, 0.3) is 0 Å². The van der Waals surface area contributed by atoms with E-state index in [2.05, 4.69) is 13.8 Å². The van der Waals surface area contributed by atoms with Crippen LogP contribution in [0.1, 0.15) is 78.1 Å². The first-order valence-electron chi connectivity index (χ1n) is 10.5. The number of carbonyl (C=O) groups is 2. The molecular weight excluding hydrogens is 312 g/mol. The Hall–Kier alpha value is -0.860. The first-order chi connectivity index (χ1) is 11.9. The van der Waals surface area contributed by atoms with Crippen LogP contribution < -0.4 is 0 Å². The molecule has 3 heteroatoms. The number of hydrogen-bond acceptors (Lipinski definition) is 3. The van der Waals surface area contributed by atoms with Gasteiger partial charge in [0.05, 0.1) is 7.11 Å².